The Kier molecular flexibility index (Phi) is 6.50. The fourth-order valence-corrected chi connectivity index (χ4v) is 5.77. The first-order valence-corrected chi connectivity index (χ1v) is 10.4. The molecule has 0 radical (unpaired) electrons. The number of hydrogen-bond donors (Lipinski definition) is 6. The average Bonchev–Trinajstić information content (AvgIpc) is 2.64. The molecule has 29 heavy (non-hydrogen) atoms. The monoisotopic (exact) mass is 416 g/mol. The minimum atomic E-state index is -1.54. The third kappa shape index (κ3) is 4.02. The van der Waals surface area contributed by atoms with Crippen LogP contribution in [0, 0.1) is 17.3 Å². The van der Waals surface area contributed by atoms with Crippen molar-refractivity contribution in [3.05, 3.63) is 12.2 Å². The second-order valence-electron chi connectivity index (χ2n) is 9.76. The molecule has 0 spiro atoms. The third-order valence-electron chi connectivity index (χ3n) is 7.55. The molecular formula is C21H36O8. The molecule has 11 atom stereocenters. The summed E-state index contributed by atoms with van der Waals surface area (Å²) in [7, 11) is 0. The number of aliphatic hydroxyl groups excluding tert-OH is 5. The fraction of sp³-hybridized carbons (Fsp3) is 0.905. The molecule has 2 saturated carbocycles. The highest BCUT2D eigenvalue weighted by molar-refractivity contribution is 5.12. The first-order valence-electron chi connectivity index (χ1n) is 10.4. The number of aliphatic hydroxyl groups is 6. The number of allylic oxidation sites excluding steroid dienone is 1. The summed E-state index contributed by atoms with van der Waals surface area (Å²) in [6.07, 6.45) is -6.33. The van der Waals surface area contributed by atoms with Crippen molar-refractivity contribution < 1.29 is 40.1 Å². The van der Waals surface area contributed by atoms with Gasteiger partial charge in [0.25, 0.3) is 0 Å². The molecule has 1 aliphatic heterocycles. The standard InChI is InChI=1S/C21H36O8/c1-10(2)11-5-6-20(3)14(7-11)21(4,27)8-12(23)18(20)29-19-17(26)16(25)15(24)13(9-22)28-19/h11-19,22-27H,1,5-9H2,2-4H3. The van der Waals surface area contributed by atoms with E-state index in [-0.39, 0.29) is 18.3 Å². The Morgan fingerprint density at radius 3 is 2.38 bits per heavy atom. The van der Waals surface area contributed by atoms with Gasteiger partial charge in [-0.15, -0.1) is 0 Å². The van der Waals surface area contributed by atoms with Crippen LogP contribution in [0.4, 0.5) is 0 Å². The summed E-state index contributed by atoms with van der Waals surface area (Å²) < 4.78 is 11.5. The highest BCUT2D eigenvalue weighted by Gasteiger charge is 2.60. The number of fused-ring (bicyclic) bond motifs is 1. The Balaban J connectivity index is 1.86. The maximum atomic E-state index is 11.1. The van der Waals surface area contributed by atoms with Crippen LogP contribution in [-0.4, -0.2) is 85.8 Å². The van der Waals surface area contributed by atoms with E-state index in [1.165, 1.54) is 0 Å². The Labute approximate surface area is 171 Å². The highest BCUT2D eigenvalue weighted by atomic mass is 16.7. The third-order valence-corrected chi connectivity index (χ3v) is 7.55. The Morgan fingerprint density at radius 2 is 1.79 bits per heavy atom. The Bertz CT molecular complexity index is 607. The summed E-state index contributed by atoms with van der Waals surface area (Å²) >= 11 is 0. The van der Waals surface area contributed by atoms with Gasteiger partial charge < -0.3 is 40.1 Å². The largest absolute Gasteiger partial charge is 0.394 e. The van der Waals surface area contributed by atoms with Gasteiger partial charge in [-0.05, 0) is 44.9 Å². The van der Waals surface area contributed by atoms with Gasteiger partial charge in [0, 0.05) is 11.8 Å². The van der Waals surface area contributed by atoms with Crippen molar-refractivity contribution in [3.63, 3.8) is 0 Å². The molecule has 3 rings (SSSR count). The maximum absolute atomic E-state index is 11.1. The molecule has 0 aromatic rings. The summed E-state index contributed by atoms with van der Waals surface area (Å²) in [6, 6.07) is 0. The van der Waals surface area contributed by atoms with E-state index in [1.54, 1.807) is 6.92 Å². The van der Waals surface area contributed by atoms with Crippen molar-refractivity contribution in [1.29, 1.82) is 0 Å². The van der Waals surface area contributed by atoms with Crippen LogP contribution in [0.15, 0.2) is 12.2 Å². The van der Waals surface area contributed by atoms with Gasteiger partial charge in [-0.3, -0.25) is 0 Å². The quantitative estimate of drug-likeness (QED) is 0.343. The van der Waals surface area contributed by atoms with E-state index in [2.05, 4.69) is 6.58 Å². The molecule has 6 N–H and O–H groups in total. The van der Waals surface area contributed by atoms with Gasteiger partial charge in [0.1, 0.15) is 24.4 Å². The summed E-state index contributed by atoms with van der Waals surface area (Å²) in [5.74, 6) is 0.117. The van der Waals surface area contributed by atoms with Crippen molar-refractivity contribution >= 4 is 0 Å². The summed E-state index contributed by atoms with van der Waals surface area (Å²) in [5.41, 5.74) is -0.607. The van der Waals surface area contributed by atoms with Crippen molar-refractivity contribution in [2.24, 2.45) is 17.3 Å². The average molecular weight is 417 g/mol. The maximum Gasteiger partial charge on any atom is 0.187 e. The zero-order valence-electron chi connectivity index (χ0n) is 17.4. The van der Waals surface area contributed by atoms with Crippen LogP contribution in [0.25, 0.3) is 0 Å². The van der Waals surface area contributed by atoms with E-state index in [4.69, 9.17) is 9.47 Å². The summed E-state index contributed by atoms with van der Waals surface area (Å²) in [5, 5.41) is 61.7. The second kappa shape index (κ2) is 8.16. The van der Waals surface area contributed by atoms with Crippen LogP contribution in [0.1, 0.15) is 46.5 Å². The summed E-state index contributed by atoms with van der Waals surface area (Å²) in [6.45, 7) is 9.22. The molecule has 1 saturated heterocycles. The minimum absolute atomic E-state index is 0.109. The van der Waals surface area contributed by atoms with Gasteiger partial charge >= 0.3 is 0 Å². The van der Waals surface area contributed by atoms with Gasteiger partial charge in [0.15, 0.2) is 6.29 Å². The number of rotatable bonds is 4. The van der Waals surface area contributed by atoms with Crippen LogP contribution >= 0.6 is 0 Å². The number of hydrogen-bond acceptors (Lipinski definition) is 8. The molecule has 0 aromatic heterocycles. The molecule has 0 bridgehead atoms. The lowest BCUT2D eigenvalue weighted by atomic mass is 9.51. The zero-order chi connectivity index (χ0) is 21.7. The molecular weight excluding hydrogens is 380 g/mol. The Morgan fingerprint density at radius 1 is 1.14 bits per heavy atom. The molecule has 1 heterocycles. The minimum Gasteiger partial charge on any atom is -0.394 e. The summed E-state index contributed by atoms with van der Waals surface area (Å²) in [4.78, 5) is 0. The van der Waals surface area contributed by atoms with Crippen LogP contribution in [0.3, 0.4) is 0 Å². The molecule has 11 unspecified atom stereocenters. The lowest BCUT2D eigenvalue weighted by Gasteiger charge is -2.59. The van der Waals surface area contributed by atoms with Gasteiger partial charge in [0.2, 0.25) is 0 Å². The van der Waals surface area contributed by atoms with E-state index in [1.807, 2.05) is 13.8 Å². The molecule has 168 valence electrons. The van der Waals surface area contributed by atoms with Crippen molar-refractivity contribution in [1.82, 2.24) is 0 Å². The highest BCUT2D eigenvalue weighted by Crippen LogP contribution is 2.57. The second-order valence-corrected chi connectivity index (χ2v) is 9.76. The first kappa shape index (κ1) is 23.1. The van der Waals surface area contributed by atoms with Gasteiger partial charge in [-0.2, -0.15) is 0 Å². The molecule has 3 aliphatic rings. The first-order chi connectivity index (χ1) is 13.4. The van der Waals surface area contributed by atoms with Crippen LogP contribution < -0.4 is 0 Å². The zero-order valence-corrected chi connectivity index (χ0v) is 17.4. The smallest absolute Gasteiger partial charge is 0.187 e. The van der Waals surface area contributed by atoms with Crippen LogP contribution in [-0.2, 0) is 9.47 Å². The van der Waals surface area contributed by atoms with Crippen LogP contribution in [0.2, 0.25) is 0 Å². The molecule has 2 aliphatic carbocycles. The SMILES string of the molecule is C=C(C)C1CCC2(C)C(OC3OC(CO)C(O)C(O)C3O)C(O)CC(C)(O)C2C1. The lowest BCUT2D eigenvalue weighted by Crippen LogP contribution is -2.66. The molecule has 3 fully saturated rings. The normalized spacial score (nSPS) is 53.3. The van der Waals surface area contributed by atoms with Crippen molar-refractivity contribution in [2.45, 2.75) is 95.0 Å². The molecule has 0 aromatic carbocycles. The molecule has 8 heteroatoms. The van der Waals surface area contributed by atoms with E-state index < -0.39 is 60.5 Å². The fourth-order valence-electron chi connectivity index (χ4n) is 5.77. The predicted octanol–water partition coefficient (Wildman–Crippen LogP) is -0.314. The van der Waals surface area contributed by atoms with E-state index in [9.17, 15) is 30.6 Å². The van der Waals surface area contributed by atoms with E-state index >= 15 is 0 Å². The topological polar surface area (TPSA) is 140 Å². The lowest BCUT2D eigenvalue weighted by molar-refractivity contribution is -0.342. The Hall–Kier alpha value is -0.580. The predicted molar refractivity (Wildman–Crippen MR) is 104 cm³/mol. The molecule has 0 amide bonds. The number of ether oxygens (including phenoxy) is 2. The van der Waals surface area contributed by atoms with Crippen molar-refractivity contribution in [2.75, 3.05) is 6.61 Å². The van der Waals surface area contributed by atoms with Crippen molar-refractivity contribution in [3.8, 4) is 0 Å². The molecule has 8 nitrogen and oxygen atoms in total. The van der Waals surface area contributed by atoms with E-state index in [0.717, 1.165) is 18.4 Å². The van der Waals surface area contributed by atoms with Gasteiger partial charge in [-0.1, -0.05) is 19.1 Å². The van der Waals surface area contributed by atoms with Gasteiger partial charge in [0.05, 0.1) is 24.4 Å². The van der Waals surface area contributed by atoms with Gasteiger partial charge in [-0.25, -0.2) is 0 Å². The van der Waals surface area contributed by atoms with Crippen LogP contribution in [0.5, 0.6) is 0 Å². The van der Waals surface area contributed by atoms with E-state index in [0.29, 0.717) is 6.42 Å².